The number of nitrogens with zero attached hydrogens (tertiary/aromatic N) is 3. The summed E-state index contributed by atoms with van der Waals surface area (Å²) >= 11 is 5.91. The number of hydrogen-bond donors (Lipinski definition) is 1. The molecule has 1 aromatic carbocycles. The average molecular weight is 247 g/mol. The van der Waals surface area contributed by atoms with Crippen LogP contribution in [-0.4, -0.2) is 15.9 Å². The van der Waals surface area contributed by atoms with Crippen LogP contribution in [0.1, 0.15) is 12.5 Å². The highest BCUT2D eigenvalue weighted by molar-refractivity contribution is 6.31. The fourth-order valence-electron chi connectivity index (χ4n) is 1.28. The van der Waals surface area contributed by atoms with Gasteiger partial charge < -0.3 is 0 Å². The Bertz CT molecular complexity index is 525. The molecule has 17 heavy (non-hydrogen) atoms. The molecule has 0 aliphatic rings. The SMILES string of the molecule is C/C(=N\Nc1cccnn1)c1cccc(Cl)c1. The van der Waals surface area contributed by atoms with Gasteiger partial charge in [-0.3, -0.25) is 5.43 Å². The van der Waals surface area contributed by atoms with E-state index in [0.717, 1.165) is 11.3 Å². The number of hydrogen-bond acceptors (Lipinski definition) is 4. The van der Waals surface area contributed by atoms with E-state index in [1.807, 2.05) is 31.2 Å². The number of hydrazone groups is 1. The minimum Gasteiger partial charge on any atom is -0.260 e. The van der Waals surface area contributed by atoms with Gasteiger partial charge in [0.1, 0.15) is 0 Å². The second-order valence-electron chi connectivity index (χ2n) is 3.43. The van der Waals surface area contributed by atoms with Gasteiger partial charge in [-0.1, -0.05) is 23.7 Å². The third-order valence-electron chi connectivity index (χ3n) is 2.15. The molecule has 0 saturated carbocycles. The lowest BCUT2D eigenvalue weighted by molar-refractivity contribution is 1.02. The highest BCUT2D eigenvalue weighted by atomic mass is 35.5. The zero-order chi connectivity index (χ0) is 12.1. The summed E-state index contributed by atoms with van der Waals surface area (Å²) in [5, 5.41) is 12.5. The maximum absolute atomic E-state index is 5.91. The summed E-state index contributed by atoms with van der Waals surface area (Å²) in [5.74, 6) is 0.605. The van der Waals surface area contributed by atoms with Gasteiger partial charge in [-0.2, -0.15) is 10.2 Å². The van der Waals surface area contributed by atoms with Crippen LogP contribution in [0.4, 0.5) is 5.82 Å². The lowest BCUT2D eigenvalue weighted by Gasteiger charge is -2.02. The van der Waals surface area contributed by atoms with Gasteiger partial charge in [-0.25, -0.2) is 0 Å². The van der Waals surface area contributed by atoms with Crippen molar-refractivity contribution in [2.75, 3.05) is 5.43 Å². The standard InChI is InChI=1S/C12H11ClN4/c1-9(10-4-2-5-11(13)8-10)15-17-12-6-3-7-14-16-12/h2-8H,1H3,(H,16,17)/b15-9+. The van der Waals surface area contributed by atoms with Gasteiger partial charge in [0, 0.05) is 11.2 Å². The molecule has 0 atom stereocenters. The van der Waals surface area contributed by atoms with E-state index in [9.17, 15) is 0 Å². The molecule has 1 heterocycles. The van der Waals surface area contributed by atoms with Gasteiger partial charge in [0.2, 0.25) is 0 Å². The van der Waals surface area contributed by atoms with E-state index >= 15 is 0 Å². The zero-order valence-electron chi connectivity index (χ0n) is 9.26. The second kappa shape index (κ2) is 5.41. The summed E-state index contributed by atoms with van der Waals surface area (Å²) in [6.07, 6.45) is 1.61. The van der Waals surface area contributed by atoms with Gasteiger partial charge in [0.05, 0.1) is 5.71 Å². The first-order valence-electron chi connectivity index (χ1n) is 5.09. The van der Waals surface area contributed by atoms with E-state index in [1.54, 1.807) is 18.3 Å². The van der Waals surface area contributed by atoms with Crippen molar-refractivity contribution in [3.05, 3.63) is 53.2 Å². The number of halogens is 1. The molecule has 1 N–H and O–H groups in total. The van der Waals surface area contributed by atoms with Crippen LogP contribution in [0.15, 0.2) is 47.7 Å². The quantitative estimate of drug-likeness (QED) is 0.669. The minimum atomic E-state index is 0.605. The Kier molecular flexibility index (Phi) is 3.67. The molecular weight excluding hydrogens is 236 g/mol. The Labute approximate surface area is 104 Å². The first-order chi connectivity index (χ1) is 8.25. The van der Waals surface area contributed by atoms with Crippen molar-refractivity contribution in [1.82, 2.24) is 10.2 Å². The molecule has 86 valence electrons. The fourth-order valence-corrected chi connectivity index (χ4v) is 1.47. The fraction of sp³-hybridized carbons (Fsp3) is 0.0833. The van der Waals surface area contributed by atoms with Crippen LogP contribution in [0.5, 0.6) is 0 Å². The van der Waals surface area contributed by atoms with E-state index in [4.69, 9.17) is 11.6 Å². The Morgan fingerprint density at radius 1 is 1.29 bits per heavy atom. The van der Waals surface area contributed by atoms with Crippen LogP contribution < -0.4 is 5.43 Å². The average Bonchev–Trinajstić information content (AvgIpc) is 2.37. The second-order valence-corrected chi connectivity index (χ2v) is 3.86. The smallest absolute Gasteiger partial charge is 0.168 e. The minimum absolute atomic E-state index is 0.605. The van der Waals surface area contributed by atoms with Crippen molar-refractivity contribution < 1.29 is 0 Å². The Morgan fingerprint density at radius 2 is 2.18 bits per heavy atom. The lowest BCUT2D eigenvalue weighted by Crippen LogP contribution is -2.01. The monoisotopic (exact) mass is 246 g/mol. The Balaban J connectivity index is 2.12. The largest absolute Gasteiger partial charge is 0.260 e. The van der Waals surface area contributed by atoms with Crippen molar-refractivity contribution in [3.63, 3.8) is 0 Å². The molecule has 0 aliphatic heterocycles. The molecule has 0 aliphatic carbocycles. The highest BCUT2D eigenvalue weighted by Crippen LogP contribution is 2.11. The molecule has 2 aromatic rings. The maximum Gasteiger partial charge on any atom is 0.168 e. The summed E-state index contributed by atoms with van der Waals surface area (Å²) < 4.78 is 0. The van der Waals surface area contributed by atoms with Crippen molar-refractivity contribution in [3.8, 4) is 0 Å². The third kappa shape index (κ3) is 3.26. The number of nitrogens with one attached hydrogen (secondary N) is 1. The van der Waals surface area contributed by atoms with Crippen LogP contribution in [0.2, 0.25) is 5.02 Å². The predicted octanol–water partition coefficient (Wildman–Crippen LogP) is 2.97. The lowest BCUT2D eigenvalue weighted by atomic mass is 10.1. The molecular formula is C12H11ClN4. The summed E-state index contributed by atoms with van der Waals surface area (Å²) in [6, 6.07) is 11.1. The Hall–Kier alpha value is -1.94. The van der Waals surface area contributed by atoms with E-state index in [0.29, 0.717) is 10.8 Å². The van der Waals surface area contributed by atoms with Crippen LogP contribution in [0, 0.1) is 0 Å². The number of benzene rings is 1. The summed E-state index contributed by atoms with van der Waals surface area (Å²) in [6.45, 7) is 1.90. The molecule has 4 nitrogen and oxygen atoms in total. The van der Waals surface area contributed by atoms with Crippen LogP contribution in [-0.2, 0) is 0 Å². The molecule has 0 bridgehead atoms. The first-order valence-corrected chi connectivity index (χ1v) is 5.47. The van der Waals surface area contributed by atoms with Gasteiger partial charge in [0.25, 0.3) is 0 Å². The van der Waals surface area contributed by atoms with Crippen molar-refractivity contribution >= 4 is 23.1 Å². The van der Waals surface area contributed by atoms with Crippen LogP contribution >= 0.6 is 11.6 Å². The van der Waals surface area contributed by atoms with Crippen molar-refractivity contribution in [2.24, 2.45) is 5.10 Å². The first kappa shape index (κ1) is 11.5. The van der Waals surface area contributed by atoms with Gasteiger partial charge >= 0.3 is 0 Å². The number of aromatic nitrogens is 2. The molecule has 2 rings (SSSR count). The summed E-state index contributed by atoms with van der Waals surface area (Å²) in [5.41, 5.74) is 4.63. The van der Waals surface area contributed by atoms with E-state index in [1.165, 1.54) is 0 Å². The highest BCUT2D eigenvalue weighted by Gasteiger charge is 1.98. The van der Waals surface area contributed by atoms with Gasteiger partial charge in [-0.05, 0) is 36.8 Å². The topological polar surface area (TPSA) is 50.2 Å². The van der Waals surface area contributed by atoms with Crippen molar-refractivity contribution in [1.29, 1.82) is 0 Å². The normalized spacial score (nSPS) is 11.3. The summed E-state index contributed by atoms with van der Waals surface area (Å²) in [7, 11) is 0. The van der Waals surface area contributed by atoms with E-state index < -0.39 is 0 Å². The molecule has 0 unspecified atom stereocenters. The summed E-state index contributed by atoms with van der Waals surface area (Å²) in [4.78, 5) is 0. The zero-order valence-corrected chi connectivity index (χ0v) is 10.0. The Morgan fingerprint density at radius 3 is 2.88 bits per heavy atom. The number of rotatable bonds is 3. The predicted molar refractivity (Wildman–Crippen MR) is 69.3 cm³/mol. The van der Waals surface area contributed by atoms with Gasteiger partial charge in [-0.15, -0.1) is 5.10 Å². The molecule has 0 fully saturated rings. The van der Waals surface area contributed by atoms with E-state index in [-0.39, 0.29) is 0 Å². The molecule has 0 amide bonds. The third-order valence-corrected chi connectivity index (χ3v) is 2.39. The van der Waals surface area contributed by atoms with E-state index in [2.05, 4.69) is 20.7 Å². The van der Waals surface area contributed by atoms with Crippen LogP contribution in [0.3, 0.4) is 0 Å². The number of anilines is 1. The molecule has 0 saturated heterocycles. The molecule has 5 heteroatoms. The van der Waals surface area contributed by atoms with Crippen LogP contribution in [0.25, 0.3) is 0 Å². The van der Waals surface area contributed by atoms with Gasteiger partial charge in [0.15, 0.2) is 5.82 Å². The van der Waals surface area contributed by atoms with Crippen molar-refractivity contribution in [2.45, 2.75) is 6.92 Å². The molecule has 0 spiro atoms. The molecule has 1 aromatic heterocycles. The maximum atomic E-state index is 5.91. The molecule has 0 radical (unpaired) electrons.